The van der Waals surface area contributed by atoms with Gasteiger partial charge in [-0.1, -0.05) is 6.07 Å². The Morgan fingerprint density at radius 2 is 2.44 bits per heavy atom. The predicted octanol–water partition coefficient (Wildman–Crippen LogP) is 1.33. The van der Waals surface area contributed by atoms with Crippen LogP contribution in [0.1, 0.15) is 12.1 Å². The summed E-state index contributed by atoms with van der Waals surface area (Å²) in [5.41, 5.74) is 0.747. The number of amides is 1. The zero-order valence-corrected chi connectivity index (χ0v) is 11.2. The lowest BCUT2D eigenvalue weighted by Crippen LogP contribution is -2.36. The molecule has 1 aromatic heterocycles. The lowest BCUT2D eigenvalue weighted by molar-refractivity contribution is -0.117. The Kier molecular flexibility index (Phi) is 7.13. The molecule has 0 aromatic carbocycles. The normalized spacial score (nSPS) is 12.6. The fourth-order valence-corrected chi connectivity index (χ4v) is 2.09. The summed E-state index contributed by atoms with van der Waals surface area (Å²) in [7, 11) is 0. The van der Waals surface area contributed by atoms with E-state index < -0.39 is 0 Å². The van der Waals surface area contributed by atoms with Gasteiger partial charge in [0, 0.05) is 30.7 Å². The first kappa shape index (κ1) is 14.7. The van der Waals surface area contributed by atoms with Gasteiger partial charge < -0.3 is 10.4 Å². The van der Waals surface area contributed by atoms with Crippen molar-refractivity contribution in [1.29, 1.82) is 0 Å². The fourth-order valence-electron chi connectivity index (χ4n) is 1.44. The average molecular weight is 266 g/mol. The van der Waals surface area contributed by atoms with Gasteiger partial charge in [0.05, 0.1) is 5.69 Å². The first-order valence-electron chi connectivity index (χ1n) is 5.75. The Morgan fingerprint density at radius 1 is 1.61 bits per heavy atom. The summed E-state index contributed by atoms with van der Waals surface area (Å²) in [5.74, 6) is 0.636. The van der Waals surface area contributed by atoms with E-state index in [-0.39, 0.29) is 18.6 Å². The zero-order valence-electron chi connectivity index (χ0n) is 10.4. The van der Waals surface area contributed by atoms with Crippen LogP contribution >= 0.6 is 11.8 Å². The number of aromatic nitrogens is 1. The average Bonchev–Trinajstić information content (AvgIpc) is 2.38. The van der Waals surface area contributed by atoms with Crippen molar-refractivity contribution in [2.45, 2.75) is 12.5 Å². The summed E-state index contributed by atoms with van der Waals surface area (Å²) in [6.45, 7) is 0.0788. The van der Waals surface area contributed by atoms with Gasteiger partial charge in [-0.05, 0) is 30.9 Å². The van der Waals surface area contributed by atoms with Crippen molar-refractivity contribution < 1.29 is 9.90 Å². The van der Waals surface area contributed by atoms with Gasteiger partial charge in [0.15, 0.2) is 0 Å². The number of aliphatic hydroxyl groups excluding tert-OH is 1. The van der Waals surface area contributed by atoms with Crippen LogP contribution in [0.5, 0.6) is 0 Å². The van der Waals surface area contributed by atoms with Crippen LogP contribution in [-0.4, -0.2) is 40.7 Å². The van der Waals surface area contributed by atoms with Crippen LogP contribution in [0.4, 0.5) is 0 Å². The predicted molar refractivity (Wildman–Crippen MR) is 75.3 cm³/mol. The summed E-state index contributed by atoms with van der Waals surface area (Å²) in [6.07, 6.45) is 7.36. The number of aliphatic hydroxyl groups is 1. The van der Waals surface area contributed by atoms with Crippen molar-refractivity contribution in [2.75, 3.05) is 18.6 Å². The van der Waals surface area contributed by atoms with E-state index in [0.29, 0.717) is 6.42 Å². The monoisotopic (exact) mass is 266 g/mol. The van der Waals surface area contributed by atoms with Gasteiger partial charge in [-0.25, -0.2) is 0 Å². The van der Waals surface area contributed by atoms with Crippen LogP contribution in [0.3, 0.4) is 0 Å². The molecule has 98 valence electrons. The smallest absolute Gasteiger partial charge is 0.244 e. The maximum Gasteiger partial charge on any atom is 0.244 e. The second-order valence-electron chi connectivity index (χ2n) is 3.76. The molecule has 0 bridgehead atoms. The number of nitrogens with zero attached hydrogens (tertiary/aromatic N) is 1. The largest absolute Gasteiger partial charge is 0.396 e. The highest BCUT2D eigenvalue weighted by Gasteiger charge is 2.08. The molecule has 0 fully saturated rings. The van der Waals surface area contributed by atoms with Crippen LogP contribution < -0.4 is 5.32 Å². The number of carbonyl (C=O) groups excluding carboxylic acids is 1. The first-order valence-corrected chi connectivity index (χ1v) is 7.15. The molecule has 2 N–H and O–H groups in total. The molecular formula is C13H18N2O2S. The standard InChI is InChI=1S/C13H18N2O2S/c1-18-10-12(7-9-16)15-13(17)6-5-11-4-2-3-8-14-11/h2-6,8,12,16H,7,9-10H2,1H3,(H,15,17)/b6-5+. The Labute approximate surface area is 112 Å². The minimum Gasteiger partial charge on any atom is -0.396 e. The first-order chi connectivity index (χ1) is 8.76. The van der Waals surface area contributed by atoms with Crippen molar-refractivity contribution in [3.63, 3.8) is 0 Å². The molecule has 0 saturated heterocycles. The molecule has 4 nitrogen and oxygen atoms in total. The summed E-state index contributed by atoms with van der Waals surface area (Å²) >= 11 is 1.64. The van der Waals surface area contributed by atoms with Crippen LogP contribution in [0.2, 0.25) is 0 Å². The van der Waals surface area contributed by atoms with Crippen LogP contribution in [0.15, 0.2) is 30.5 Å². The molecule has 0 aliphatic carbocycles. The Hall–Kier alpha value is -1.33. The van der Waals surface area contributed by atoms with E-state index in [1.54, 1.807) is 24.0 Å². The molecule has 1 unspecified atom stereocenters. The molecule has 0 radical (unpaired) electrons. The number of pyridine rings is 1. The molecular weight excluding hydrogens is 248 g/mol. The molecule has 1 rings (SSSR count). The summed E-state index contributed by atoms with van der Waals surface area (Å²) < 4.78 is 0. The maximum atomic E-state index is 11.7. The summed E-state index contributed by atoms with van der Waals surface area (Å²) in [6, 6.07) is 5.53. The summed E-state index contributed by atoms with van der Waals surface area (Å²) in [4.78, 5) is 15.8. The van der Waals surface area contributed by atoms with Gasteiger partial charge in [-0.15, -0.1) is 0 Å². The SMILES string of the molecule is CSCC(CCO)NC(=O)/C=C/c1ccccn1. The van der Waals surface area contributed by atoms with E-state index in [4.69, 9.17) is 5.11 Å². The number of hydrogen-bond acceptors (Lipinski definition) is 4. The molecule has 0 aliphatic rings. The quantitative estimate of drug-likeness (QED) is 0.731. The van der Waals surface area contributed by atoms with E-state index in [0.717, 1.165) is 11.4 Å². The third-order valence-electron chi connectivity index (χ3n) is 2.29. The molecule has 0 aliphatic heterocycles. The van der Waals surface area contributed by atoms with Crippen LogP contribution in [-0.2, 0) is 4.79 Å². The molecule has 1 heterocycles. The number of nitrogens with one attached hydrogen (secondary N) is 1. The Balaban J connectivity index is 2.47. The Bertz CT molecular complexity index is 376. The van der Waals surface area contributed by atoms with Crippen molar-refractivity contribution >= 4 is 23.7 Å². The van der Waals surface area contributed by atoms with E-state index >= 15 is 0 Å². The second kappa shape index (κ2) is 8.72. The lowest BCUT2D eigenvalue weighted by atomic mass is 10.2. The van der Waals surface area contributed by atoms with E-state index in [1.807, 2.05) is 24.5 Å². The number of rotatable bonds is 7. The van der Waals surface area contributed by atoms with Gasteiger partial charge in [-0.2, -0.15) is 11.8 Å². The molecule has 1 amide bonds. The van der Waals surface area contributed by atoms with Crippen molar-refractivity contribution in [2.24, 2.45) is 0 Å². The molecule has 1 aromatic rings. The van der Waals surface area contributed by atoms with E-state index in [1.165, 1.54) is 6.08 Å². The zero-order chi connectivity index (χ0) is 13.2. The van der Waals surface area contributed by atoms with Gasteiger partial charge in [0.1, 0.15) is 0 Å². The third kappa shape index (κ3) is 5.84. The number of thioether (sulfide) groups is 1. The van der Waals surface area contributed by atoms with E-state index in [9.17, 15) is 4.79 Å². The van der Waals surface area contributed by atoms with Gasteiger partial charge in [-0.3, -0.25) is 9.78 Å². The Morgan fingerprint density at radius 3 is 3.06 bits per heavy atom. The fraction of sp³-hybridized carbons (Fsp3) is 0.385. The minimum atomic E-state index is -0.159. The van der Waals surface area contributed by atoms with Crippen molar-refractivity contribution in [3.05, 3.63) is 36.2 Å². The van der Waals surface area contributed by atoms with Crippen molar-refractivity contribution in [1.82, 2.24) is 10.3 Å². The lowest BCUT2D eigenvalue weighted by Gasteiger charge is -2.15. The van der Waals surface area contributed by atoms with Gasteiger partial charge in [0.2, 0.25) is 5.91 Å². The van der Waals surface area contributed by atoms with Gasteiger partial charge >= 0.3 is 0 Å². The highest BCUT2D eigenvalue weighted by molar-refractivity contribution is 7.98. The maximum absolute atomic E-state index is 11.7. The highest BCUT2D eigenvalue weighted by atomic mass is 32.2. The molecule has 1 atom stereocenters. The second-order valence-corrected chi connectivity index (χ2v) is 4.67. The van der Waals surface area contributed by atoms with Gasteiger partial charge in [0.25, 0.3) is 0 Å². The summed E-state index contributed by atoms with van der Waals surface area (Å²) in [5, 5.41) is 11.8. The number of carbonyl (C=O) groups is 1. The minimum absolute atomic E-state index is 0.00545. The van der Waals surface area contributed by atoms with E-state index in [2.05, 4.69) is 10.3 Å². The highest BCUT2D eigenvalue weighted by Crippen LogP contribution is 2.02. The molecule has 0 saturated carbocycles. The van der Waals surface area contributed by atoms with Crippen LogP contribution in [0.25, 0.3) is 6.08 Å². The molecule has 18 heavy (non-hydrogen) atoms. The van der Waals surface area contributed by atoms with Crippen LogP contribution in [0, 0.1) is 0 Å². The molecule has 0 spiro atoms. The number of hydrogen-bond donors (Lipinski definition) is 2. The van der Waals surface area contributed by atoms with Crippen molar-refractivity contribution in [3.8, 4) is 0 Å². The molecule has 5 heteroatoms. The third-order valence-corrected chi connectivity index (χ3v) is 3.02. The topological polar surface area (TPSA) is 62.2 Å².